The number of aryl methyl sites for hydroxylation is 1. The molecule has 140 valence electrons. The van der Waals surface area contributed by atoms with E-state index in [0.717, 1.165) is 13.1 Å². The second-order valence-corrected chi connectivity index (χ2v) is 7.13. The van der Waals surface area contributed by atoms with Crippen molar-refractivity contribution in [3.63, 3.8) is 0 Å². The van der Waals surface area contributed by atoms with E-state index in [2.05, 4.69) is 29.2 Å². The first-order chi connectivity index (χ1) is 12.4. The molecule has 1 aromatic heterocycles. The summed E-state index contributed by atoms with van der Waals surface area (Å²) in [6.45, 7) is 9.44. The van der Waals surface area contributed by atoms with Gasteiger partial charge in [0.2, 0.25) is 0 Å². The maximum Gasteiger partial charge on any atom is 0.273 e. The van der Waals surface area contributed by atoms with E-state index in [0.29, 0.717) is 36.6 Å². The molecule has 1 amide bonds. The summed E-state index contributed by atoms with van der Waals surface area (Å²) in [5, 5.41) is 6.72. The fraction of sp³-hybridized carbons (Fsp3) is 0.474. The number of rotatable bonds is 5. The van der Waals surface area contributed by atoms with Gasteiger partial charge >= 0.3 is 0 Å². The maximum absolute atomic E-state index is 13.7. The van der Waals surface area contributed by atoms with Crippen LogP contribution in [0, 0.1) is 12.7 Å². The van der Waals surface area contributed by atoms with Crippen molar-refractivity contribution >= 4 is 5.91 Å². The van der Waals surface area contributed by atoms with E-state index < -0.39 is 0 Å². The number of hydrogen-bond donors (Lipinski definition) is 1. The van der Waals surface area contributed by atoms with E-state index in [1.807, 2.05) is 0 Å². The lowest BCUT2D eigenvalue weighted by Crippen LogP contribution is -2.55. The molecule has 0 unspecified atom stereocenters. The Hall–Kier alpha value is -2.25. The zero-order chi connectivity index (χ0) is 18.7. The predicted octanol–water partition coefficient (Wildman–Crippen LogP) is 2.63. The van der Waals surface area contributed by atoms with Crippen molar-refractivity contribution in [2.24, 2.45) is 0 Å². The first-order valence-electron chi connectivity index (χ1n) is 8.71. The Morgan fingerprint density at radius 2 is 2.04 bits per heavy atom. The number of aromatic nitrogens is 1. The second-order valence-electron chi connectivity index (χ2n) is 7.13. The van der Waals surface area contributed by atoms with Gasteiger partial charge in [0.1, 0.15) is 5.82 Å². The molecule has 1 aromatic carbocycles. The van der Waals surface area contributed by atoms with Crippen LogP contribution < -0.4 is 5.32 Å². The van der Waals surface area contributed by atoms with Gasteiger partial charge in [-0.25, -0.2) is 4.39 Å². The summed E-state index contributed by atoms with van der Waals surface area (Å²) in [7, 11) is 0. The molecular formula is C19H24FN3O3. The van der Waals surface area contributed by atoms with Crippen molar-refractivity contribution in [3.05, 3.63) is 41.3 Å². The molecule has 2 aromatic rings. The minimum atomic E-state index is -0.322. The standard InChI is InChI=1S/C19H24FN3O3/c1-13-4-5-14(10-15(13)20)17-11-16(22-26-17)18(24)21-12-19(2,3)23-6-8-25-9-7-23/h4-5,10-11H,6-9,12H2,1-3H3,(H,21,24). The van der Waals surface area contributed by atoms with Gasteiger partial charge in [-0.1, -0.05) is 17.3 Å². The molecular weight excluding hydrogens is 337 g/mol. The van der Waals surface area contributed by atoms with Gasteiger partial charge in [0.15, 0.2) is 11.5 Å². The Morgan fingerprint density at radius 3 is 2.73 bits per heavy atom. The maximum atomic E-state index is 13.7. The molecule has 1 aliphatic rings. The smallest absolute Gasteiger partial charge is 0.273 e. The number of nitrogens with one attached hydrogen (secondary N) is 1. The predicted molar refractivity (Wildman–Crippen MR) is 95.4 cm³/mol. The molecule has 0 atom stereocenters. The summed E-state index contributed by atoms with van der Waals surface area (Å²) in [6.07, 6.45) is 0. The van der Waals surface area contributed by atoms with E-state index in [1.54, 1.807) is 19.1 Å². The Bertz CT molecular complexity index is 782. The quantitative estimate of drug-likeness (QED) is 0.887. The van der Waals surface area contributed by atoms with Gasteiger partial charge in [-0.2, -0.15) is 0 Å². The third kappa shape index (κ3) is 4.11. The number of benzene rings is 1. The van der Waals surface area contributed by atoms with Gasteiger partial charge in [0.25, 0.3) is 5.91 Å². The van der Waals surface area contributed by atoms with E-state index in [-0.39, 0.29) is 23.0 Å². The molecule has 0 radical (unpaired) electrons. The van der Waals surface area contributed by atoms with Crippen molar-refractivity contribution in [1.29, 1.82) is 0 Å². The molecule has 0 bridgehead atoms. The lowest BCUT2D eigenvalue weighted by Gasteiger charge is -2.40. The van der Waals surface area contributed by atoms with E-state index in [9.17, 15) is 9.18 Å². The van der Waals surface area contributed by atoms with Crippen LogP contribution in [-0.4, -0.2) is 54.4 Å². The number of ether oxygens (including phenoxy) is 1. The van der Waals surface area contributed by atoms with Crippen LogP contribution in [0.1, 0.15) is 29.9 Å². The molecule has 0 aliphatic carbocycles. The van der Waals surface area contributed by atoms with Gasteiger partial charge < -0.3 is 14.6 Å². The summed E-state index contributed by atoms with van der Waals surface area (Å²) in [5.74, 6) is -0.271. The zero-order valence-electron chi connectivity index (χ0n) is 15.3. The Kier molecular flexibility index (Phi) is 5.38. The van der Waals surface area contributed by atoms with Gasteiger partial charge in [-0.15, -0.1) is 0 Å². The Labute approximate surface area is 152 Å². The minimum Gasteiger partial charge on any atom is -0.379 e. The highest BCUT2D eigenvalue weighted by Gasteiger charge is 2.29. The van der Waals surface area contributed by atoms with Gasteiger partial charge in [0.05, 0.1) is 13.2 Å². The number of amides is 1. The Morgan fingerprint density at radius 1 is 1.31 bits per heavy atom. The summed E-state index contributed by atoms with van der Waals surface area (Å²) in [5.41, 5.74) is 1.09. The van der Waals surface area contributed by atoms with Crippen molar-refractivity contribution in [3.8, 4) is 11.3 Å². The first-order valence-corrected chi connectivity index (χ1v) is 8.71. The molecule has 1 saturated heterocycles. The molecule has 7 heteroatoms. The first kappa shape index (κ1) is 18.5. The highest BCUT2D eigenvalue weighted by molar-refractivity contribution is 5.93. The van der Waals surface area contributed by atoms with E-state index in [4.69, 9.17) is 9.26 Å². The zero-order valence-corrected chi connectivity index (χ0v) is 15.3. The summed E-state index contributed by atoms with van der Waals surface area (Å²) >= 11 is 0. The molecule has 1 fully saturated rings. The molecule has 3 rings (SSSR count). The van der Waals surface area contributed by atoms with Gasteiger partial charge in [0, 0.05) is 36.8 Å². The van der Waals surface area contributed by atoms with Crippen molar-refractivity contribution < 1.29 is 18.4 Å². The normalized spacial score (nSPS) is 15.8. The van der Waals surface area contributed by atoms with Crippen molar-refractivity contribution in [2.45, 2.75) is 26.3 Å². The van der Waals surface area contributed by atoms with Gasteiger partial charge in [-0.05, 0) is 32.4 Å². The largest absolute Gasteiger partial charge is 0.379 e. The monoisotopic (exact) mass is 361 g/mol. The summed E-state index contributed by atoms with van der Waals surface area (Å²) in [4.78, 5) is 14.7. The number of hydrogen-bond acceptors (Lipinski definition) is 5. The lowest BCUT2D eigenvalue weighted by molar-refractivity contribution is -0.00925. The Balaban J connectivity index is 1.63. The highest BCUT2D eigenvalue weighted by Crippen LogP contribution is 2.23. The lowest BCUT2D eigenvalue weighted by atomic mass is 10.0. The molecule has 1 N–H and O–H groups in total. The number of morpholine rings is 1. The summed E-state index contributed by atoms with van der Waals surface area (Å²) in [6, 6.07) is 6.31. The molecule has 0 saturated carbocycles. The number of nitrogens with zero attached hydrogens (tertiary/aromatic N) is 2. The van der Waals surface area contributed by atoms with Crippen LogP contribution in [0.25, 0.3) is 11.3 Å². The van der Waals surface area contributed by atoms with E-state index in [1.165, 1.54) is 12.1 Å². The number of carbonyl (C=O) groups excluding carboxylic acids is 1. The molecule has 0 spiro atoms. The van der Waals surface area contributed by atoms with Gasteiger partial charge in [-0.3, -0.25) is 9.69 Å². The number of carbonyl (C=O) groups is 1. The SMILES string of the molecule is Cc1ccc(-c2cc(C(=O)NCC(C)(C)N3CCOCC3)no2)cc1F. The van der Waals surface area contributed by atoms with E-state index >= 15 is 0 Å². The number of halogens is 1. The van der Waals surface area contributed by atoms with Crippen LogP contribution >= 0.6 is 0 Å². The molecule has 6 nitrogen and oxygen atoms in total. The van der Waals surface area contributed by atoms with Crippen molar-refractivity contribution in [2.75, 3.05) is 32.8 Å². The van der Waals surface area contributed by atoms with Crippen LogP contribution in [0.3, 0.4) is 0 Å². The fourth-order valence-corrected chi connectivity index (χ4v) is 2.93. The minimum absolute atomic E-state index is 0.179. The average molecular weight is 361 g/mol. The fourth-order valence-electron chi connectivity index (χ4n) is 2.93. The van der Waals surface area contributed by atoms with Crippen molar-refractivity contribution in [1.82, 2.24) is 15.4 Å². The average Bonchev–Trinajstić information content (AvgIpc) is 3.13. The molecule has 1 aliphatic heterocycles. The van der Waals surface area contributed by atoms with Crippen LogP contribution in [0.5, 0.6) is 0 Å². The molecule has 2 heterocycles. The highest BCUT2D eigenvalue weighted by atomic mass is 19.1. The third-order valence-corrected chi connectivity index (χ3v) is 4.75. The van der Waals surface area contributed by atoms with Crippen LogP contribution in [0.15, 0.2) is 28.8 Å². The molecule has 26 heavy (non-hydrogen) atoms. The van der Waals surface area contributed by atoms with Crippen LogP contribution in [-0.2, 0) is 4.74 Å². The van der Waals surface area contributed by atoms with Crippen LogP contribution in [0.2, 0.25) is 0 Å². The summed E-state index contributed by atoms with van der Waals surface area (Å²) < 4.78 is 24.3. The third-order valence-electron chi connectivity index (χ3n) is 4.75. The van der Waals surface area contributed by atoms with Crippen LogP contribution in [0.4, 0.5) is 4.39 Å². The second kappa shape index (κ2) is 7.55. The topological polar surface area (TPSA) is 67.6 Å².